The Balaban J connectivity index is 2.71. The number of methoxy groups -OCH3 is 2. The Morgan fingerprint density at radius 3 is 2.59 bits per heavy atom. The second-order valence-corrected chi connectivity index (χ2v) is 5.15. The summed E-state index contributed by atoms with van der Waals surface area (Å²) < 4.78 is 26.8. The maximum absolute atomic E-state index is 12.0. The van der Waals surface area contributed by atoms with Crippen molar-refractivity contribution in [3.05, 3.63) is 24.3 Å². The summed E-state index contributed by atoms with van der Waals surface area (Å²) in [5.41, 5.74) is 0. The summed E-state index contributed by atoms with van der Waals surface area (Å²) in [7, 11) is -0.803. The molecular formula is C11H17O5P. The molecular weight excluding hydrogens is 243 g/mol. The second kappa shape index (κ2) is 6.77. The molecule has 0 fully saturated rings. The molecule has 0 spiro atoms. The summed E-state index contributed by atoms with van der Waals surface area (Å²) >= 11 is 0. The first-order valence-electron chi connectivity index (χ1n) is 5.21. The number of rotatable bonds is 7. The van der Waals surface area contributed by atoms with Gasteiger partial charge in [-0.15, -0.1) is 0 Å². The molecule has 0 aliphatic heterocycles. The smallest absolute Gasteiger partial charge is 0.362 e. The third kappa shape index (κ3) is 4.13. The molecule has 0 aliphatic carbocycles. The van der Waals surface area contributed by atoms with Crippen molar-refractivity contribution in [3.63, 3.8) is 0 Å². The van der Waals surface area contributed by atoms with Gasteiger partial charge in [-0.25, -0.2) is 0 Å². The van der Waals surface area contributed by atoms with Crippen molar-refractivity contribution in [1.29, 1.82) is 0 Å². The van der Waals surface area contributed by atoms with Gasteiger partial charge in [0, 0.05) is 13.7 Å². The molecule has 96 valence electrons. The normalized spacial score (nSPS) is 14.3. The Morgan fingerprint density at radius 2 is 1.94 bits per heavy atom. The highest BCUT2D eigenvalue weighted by atomic mass is 31.2. The molecule has 0 saturated heterocycles. The number of hydrogen-bond donors (Lipinski definition) is 1. The maximum atomic E-state index is 12.0. The molecule has 0 saturated carbocycles. The average molecular weight is 260 g/mol. The van der Waals surface area contributed by atoms with Gasteiger partial charge < -0.3 is 18.9 Å². The van der Waals surface area contributed by atoms with Crippen molar-refractivity contribution in [2.45, 2.75) is 6.42 Å². The molecule has 1 aromatic rings. The first kappa shape index (κ1) is 14.2. The second-order valence-electron chi connectivity index (χ2n) is 3.37. The summed E-state index contributed by atoms with van der Waals surface area (Å²) in [6.45, 7) is 0.658. The Bertz CT molecular complexity index is 393. The highest BCUT2D eigenvalue weighted by Gasteiger charge is 2.26. The van der Waals surface area contributed by atoms with Gasteiger partial charge in [0.15, 0.2) is 0 Å². The molecule has 0 aromatic heterocycles. The van der Waals surface area contributed by atoms with Crippen molar-refractivity contribution < 1.29 is 23.5 Å². The monoisotopic (exact) mass is 260 g/mol. The van der Waals surface area contributed by atoms with Crippen LogP contribution in [0.4, 0.5) is 0 Å². The molecule has 5 nitrogen and oxygen atoms in total. The summed E-state index contributed by atoms with van der Waals surface area (Å²) in [5, 5.41) is 0.180. The molecule has 1 N–H and O–H groups in total. The van der Waals surface area contributed by atoms with E-state index in [0.717, 1.165) is 0 Å². The topological polar surface area (TPSA) is 65.0 Å². The largest absolute Gasteiger partial charge is 0.496 e. The molecule has 1 unspecified atom stereocenters. The van der Waals surface area contributed by atoms with Crippen LogP contribution in [0.15, 0.2) is 24.3 Å². The molecule has 1 rings (SSSR count). The SMILES string of the molecule is COCCCOP(=O)(O)c1ccccc1OC. The Hall–Kier alpha value is -0.870. The minimum atomic E-state index is -3.82. The lowest BCUT2D eigenvalue weighted by molar-refractivity contribution is 0.167. The lowest BCUT2D eigenvalue weighted by Crippen LogP contribution is -2.11. The van der Waals surface area contributed by atoms with Crippen LogP contribution >= 0.6 is 7.60 Å². The average Bonchev–Trinajstić information content (AvgIpc) is 2.34. The number of benzene rings is 1. The van der Waals surface area contributed by atoms with Crippen LogP contribution in [0.3, 0.4) is 0 Å². The zero-order valence-corrected chi connectivity index (χ0v) is 10.9. The lowest BCUT2D eigenvalue weighted by Gasteiger charge is -2.14. The van der Waals surface area contributed by atoms with E-state index in [1.165, 1.54) is 13.2 Å². The van der Waals surface area contributed by atoms with E-state index in [0.29, 0.717) is 18.8 Å². The minimum Gasteiger partial charge on any atom is -0.496 e. The van der Waals surface area contributed by atoms with E-state index < -0.39 is 7.60 Å². The number of ether oxygens (including phenoxy) is 2. The predicted molar refractivity (Wildman–Crippen MR) is 64.9 cm³/mol. The molecule has 0 amide bonds. The summed E-state index contributed by atoms with van der Waals surface area (Å²) in [6, 6.07) is 6.54. The molecule has 1 aromatic carbocycles. The van der Waals surface area contributed by atoms with Crippen LogP contribution in [0.1, 0.15) is 6.42 Å². The van der Waals surface area contributed by atoms with Crippen molar-refractivity contribution in [2.24, 2.45) is 0 Å². The van der Waals surface area contributed by atoms with Crippen LogP contribution in [-0.4, -0.2) is 32.3 Å². The van der Waals surface area contributed by atoms with Crippen LogP contribution in [-0.2, 0) is 13.8 Å². The van der Waals surface area contributed by atoms with E-state index in [1.54, 1.807) is 25.3 Å². The number of para-hydroxylation sites is 1. The van der Waals surface area contributed by atoms with Crippen LogP contribution in [0.5, 0.6) is 5.75 Å². The highest BCUT2D eigenvalue weighted by Crippen LogP contribution is 2.43. The van der Waals surface area contributed by atoms with Crippen LogP contribution < -0.4 is 10.0 Å². The summed E-state index contributed by atoms with van der Waals surface area (Å²) in [6.07, 6.45) is 0.566. The zero-order chi connectivity index (χ0) is 12.7. The van der Waals surface area contributed by atoms with Gasteiger partial charge in [0.1, 0.15) is 11.1 Å². The summed E-state index contributed by atoms with van der Waals surface area (Å²) in [4.78, 5) is 9.81. The molecule has 0 radical (unpaired) electrons. The van der Waals surface area contributed by atoms with Gasteiger partial charge in [-0.1, -0.05) is 12.1 Å². The zero-order valence-electron chi connectivity index (χ0n) is 9.96. The summed E-state index contributed by atoms with van der Waals surface area (Å²) in [5.74, 6) is 0.352. The Labute approximate surface area is 101 Å². The van der Waals surface area contributed by atoms with Gasteiger partial charge in [0.25, 0.3) is 0 Å². The number of hydrogen-bond acceptors (Lipinski definition) is 4. The van der Waals surface area contributed by atoms with Gasteiger partial charge >= 0.3 is 7.60 Å². The van der Waals surface area contributed by atoms with E-state index in [9.17, 15) is 9.46 Å². The standard InChI is InChI=1S/C11H17O5P/c1-14-8-5-9-16-17(12,13)11-7-4-3-6-10(11)15-2/h3-4,6-7H,5,8-9H2,1-2H3,(H,12,13). The van der Waals surface area contributed by atoms with Gasteiger partial charge in [0.2, 0.25) is 0 Å². The van der Waals surface area contributed by atoms with Gasteiger partial charge in [-0.3, -0.25) is 4.57 Å². The van der Waals surface area contributed by atoms with Gasteiger partial charge in [-0.2, -0.15) is 0 Å². The third-order valence-electron chi connectivity index (χ3n) is 2.15. The first-order chi connectivity index (χ1) is 8.11. The van der Waals surface area contributed by atoms with E-state index in [4.69, 9.17) is 14.0 Å². The fourth-order valence-electron chi connectivity index (χ4n) is 1.32. The van der Waals surface area contributed by atoms with Crippen LogP contribution in [0.25, 0.3) is 0 Å². The molecule has 0 heterocycles. The molecule has 1 atom stereocenters. The van der Waals surface area contributed by atoms with Crippen molar-refractivity contribution >= 4 is 12.9 Å². The Morgan fingerprint density at radius 1 is 1.24 bits per heavy atom. The molecule has 0 aliphatic rings. The first-order valence-corrected chi connectivity index (χ1v) is 6.79. The molecule has 6 heteroatoms. The van der Waals surface area contributed by atoms with E-state index in [2.05, 4.69) is 0 Å². The molecule has 0 bridgehead atoms. The van der Waals surface area contributed by atoms with E-state index in [-0.39, 0.29) is 11.9 Å². The van der Waals surface area contributed by atoms with Crippen LogP contribution in [0.2, 0.25) is 0 Å². The quantitative estimate of drug-likeness (QED) is 0.595. The van der Waals surface area contributed by atoms with Crippen molar-refractivity contribution in [1.82, 2.24) is 0 Å². The van der Waals surface area contributed by atoms with Crippen LogP contribution in [0, 0.1) is 0 Å². The van der Waals surface area contributed by atoms with Gasteiger partial charge in [-0.05, 0) is 18.6 Å². The van der Waals surface area contributed by atoms with Crippen molar-refractivity contribution in [3.8, 4) is 5.75 Å². The lowest BCUT2D eigenvalue weighted by atomic mass is 10.3. The Kier molecular flexibility index (Phi) is 5.65. The fourth-order valence-corrected chi connectivity index (χ4v) is 2.56. The van der Waals surface area contributed by atoms with Gasteiger partial charge in [0.05, 0.1) is 13.7 Å². The fraction of sp³-hybridized carbons (Fsp3) is 0.455. The highest BCUT2D eigenvalue weighted by molar-refractivity contribution is 7.61. The van der Waals surface area contributed by atoms with E-state index in [1.807, 2.05) is 0 Å². The maximum Gasteiger partial charge on any atom is 0.362 e. The third-order valence-corrected chi connectivity index (χ3v) is 3.66. The van der Waals surface area contributed by atoms with E-state index >= 15 is 0 Å². The minimum absolute atomic E-state index is 0.166. The molecule has 17 heavy (non-hydrogen) atoms. The predicted octanol–water partition coefficient (Wildman–Crippen LogP) is 1.56. The van der Waals surface area contributed by atoms with Crippen molar-refractivity contribution in [2.75, 3.05) is 27.4 Å².